The molecule has 2 heterocycles. The van der Waals surface area contributed by atoms with E-state index in [-0.39, 0.29) is 11.5 Å². The van der Waals surface area contributed by atoms with E-state index in [2.05, 4.69) is 22.2 Å². The Hall–Kier alpha value is -2.37. The first-order valence-electron chi connectivity index (χ1n) is 7.13. The lowest BCUT2D eigenvalue weighted by atomic mass is 10.2. The van der Waals surface area contributed by atoms with E-state index in [1.165, 1.54) is 0 Å². The Bertz CT molecular complexity index is 665. The minimum absolute atomic E-state index is 0.0358. The molecule has 2 aromatic heterocycles. The average molecular weight is 287 g/mol. The van der Waals surface area contributed by atoms with Crippen LogP contribution in [0.5, 0.6) is 0 Å². The molecule has 112 valence electrons. The third-order valence-electron chi connectivity index (χ3n) is 3.30. The number of anilines is 2. The van der Waals surface area contributed by atoms with Gasteiger partial charge >= 0.3 is 0 Å². The number of rotatable bonds is 6. The molecule has 0 spiro atoms. The SMILES string of the molecule is CCCCNc1nc(N)ncc1Cn1c(C)cccc1=O. The molecular weight excluding hydrogens is 266 g/mol. The number of aromatic nitrogens is 3. The van der Waals surface area contributed by atoms with Crippen LogP contribution < -0.4 is 16.6 Å². The van der Waals surface area contributed by atoms with Gasteiger partial charge in [-0.1, -0.05) is 19.4 Å². The van der Waals surface area contributed by atoms with Crippen LogP contribution in [-0.4, -0.2) is 21.1 Å². The third kappa shape index (κ3) is 3.81. The number of pyridine rings is 1. The van der Waals surface area contributed by atoms with E-state index in [1.54, 1.807) is 22.9 Å². The zero-order valence-electron chi connectivity index (χ0n) is 12.5. The van der Waals surface area contributed by atoms with E-state index in [9.17, 15) is 4.79 Å². The molecule has 0 amide bonds. The van der Waals surface area contributed by atoms with Gasteiger partial charge < -0.3 is 15.6 Å². The van der Waals surface area contributed by atoms with Gasteiger partial charge in [-0.2, -0.15) is 4.98 Å². The predicted octanol–water partition coefficient (Wildman–Crippen LogP) is 1.79. The summed E-state index contributed by atoms with van der Waals surface area (Å²) in [6.45, 7) is 5.29. The Morgan fingerprint density at radius 2 is 2.19 bits per heavy atom. The molecule has 0 bridgehead atoms. The average Bonchev–Trinajstić information content (AvgIpc) is 2.45. The topological polar surface area (TPSA) is 85.8 Å². The summed E-state index contributed by atoms with van der Waals surface area (Å²) in [5.74, 6) is 0.931. The summed E-state index contributed by atoms with van der Waals surface area (Å²) in [6.07, 6.45) is 3.82. The Labute approximate surface area is 124 Å². The van der Waals surface area contributed by atoms with E-state index in [1.807, 2.05) is 13.0 Å². The molecular formula is C15H21N5O. The lowest BCUT2D eigenvalue weighted by molar-refractivity contribution is 0.723. The molecule has 0 fully saturated rings. The highest BCUT2D eigenvalue weighted by molar-refractivity contribution is 5.46. The first-order chi connectivity index (χ1) is 10.1. The third-order valence-corrected chi connectivity index (χ3v) is 3.30. The number of nitrogens with zero attached hydrogens (tertiary/aromatic N) is 3. The molecule has 0 saturated carbocycles. The maximum atomic E-state index is 12.0. The van der Waals surface area contributed by atoms with Crippen molar-refractivity contribution in [2.24, 2.45) is 0 Å². The molecule has 0 aliphatic carbocycles. The van der Waals surface area contributed by atoms with E-state index in [0.717, 1.165) is 30.6 Å². The van der Waals surface area contributed by atoms with Gasteiger partial charge in [0.05, 0.1) is 6.54 Å². The number of hydrogen-bond donors (Lipinski definition) is 2. The van der Waals surface area contributed by atoms with Gasteiger partial charge in [0.1, 0.15) is 5.82 Å². The van der Waals surface area contributed by atoms with Gasteiger partial charge in [-0.25, -0.2) is 4.98 Å². The van der Waals surface area contributed by atoms with Crippen molar-refractivity contribution in [3.63, 3.8) is 0 Å². The second-order valence-electron chi connectivity index (χ2n) is 4.97. The summed E-state index contributed by atoms with van der Waals surface area (Å²) in [4.78, 5) is 20.2. The Kier molecular flexibility index (Phi) is 4.92. The predicted molar refractivity (Wildman–Crippen MR) is 84.4 cm³/mol. The van der Waals surface area contributed by atoms with E-state index in [4.69, 9.17) is 5.73 Å². The maximum absolute atomic E-state index is 12.0. The van der Waals surface area contributed by atoms with Gasteiger partial charge in [-0.3, -0.25) is 4.79 Å². The number of nitrogen functional groups attached to an aromatic ring is 1. The molecule has 0 atom stereocenters. The van der Waals surface area contributed by atoms with Gasteiger partial charge in [0.25, 0.3) is 5.56 Å². The number of nitrogens with two attached hydrogens (primary N) is 1. The Morgan fingerprint density at radius 3 is 2.90 bits per heavy atom. The monoisotopic (exact) mass is 287 g/mol. The highest BCUT2D eigenvalue weighted by Gasteiger charge is 2.08. The van der Waals surface area contributed by atoms with Crippen LogP contribution in [0.3, 0.4) is 0 Å². The lowest BCUT2D eigenvalue weighted by Crippen LogP contribution is -2.22. The van der Waals surface area contributed by atoms with Crippen molar-refractivity contribution in [2.45, 2.75) is 33.2 Å². The van der Waals surface area contributed by atoms with Gasteiger partial charge in [0, 0.05) is 30.1 Å². The van der Waals surface area contributed by atoms with Gasteiger partial charge in [0.2, 0.25) is 5.95 Å². The fourth-order valence-corrected chi connectivity index (χ4v) is 2.07. The molecule has 0 aliphatic rings. The summed E-state index contributed by atoms with van der Waals surface area (Å²) < 4.78 is 1.69. The molecule has 6 nitrogen and oxygen atoms in total. The smallest absolute Gasteiger partial charge is 0.251 e. The Morgan fingerprint density at radius 1 is 1.38 bits per heavy atom. The number of unbranched alkanes of at least 4 members (excludes halogenated alkanes) is 1. The summed E-state index contributed by atoms with van der Waals surface area (Å²) in [7, 11) is 0. The van der Waals surface area contributed by atoms with Gasteiger partial charge in [0.15, 0.2) is 0 Å². The number of nitrogens with one attached hydrogen (secondary N) is 1. The van der Waals surface area contributed by atoms with Crippen molar-refractivity contribution >= 4 is 11.8 Å². The van der Waals surface area contributed by atoms with Crippen LogP contribution in [0.15, 0.2) is 29.2 Å². The quantitative estimate of drug-likeness (QED) is 0.791. The Balaban J connectivity index is 2.28. The van der Waals surface area contributed by atoms with Crippen molar-refractivity contribution in [1.82, 2.24) is 14.5 Å². The van der Waals surface area contributed by atoms with Crippen LogP contribution in [0.1, 0.15) is 31.0 Å². The van der Waals surface area contributed by atoms with Gasteiger partial charge in [-0.05, 0) is 19.4 Å². The van der Waals surface area contributed by atoms with Crippen molar-refractivity contribution in [3.8, 4) is 0 Å². The highest BCUT2D eigenvalue weighted by atomic mass is 16.1. The number of aryl methyl sites for hydroxylation is 1. The van der Waals surface area contributed by atoms with Crippen LogP contribution in [0, 0.1) is 6.92 Å². The van der Waals surface area contributed by atoms with Crippen LogP contribution in [0.4, 0.5) is 11.8 Å². The van der Waals surface area contributed by atoms with Crippen LogP contribution in [0.2, 0.25) is 0 Å². The molecule has 3 N–H and O–H groups in total. The molecule has 0 unspecified atom stereocenters. The second kappa shape index (κ2) is 6.88. The molecule has 21 heavy (non-hydrogen) atoms. The van der Waals surface area contributed by atoms with Crippen molar-refractivity contribution in [3.05, 3.63) is 46.0 Å². The minimum Gasteiger partial charge on any atom is -0.370 e. The fourth-order valence-electron chi connectivity index (χ4n) is 2.07. The summed E-state index contributed by atoms with van der Waals surface area (Å²) >= 11 is 0. The molecule has 0 aliphatic heterocycles. The van der Waals surface area contributed by atoms with Crippen molar-refractivity contribution in [1.29, 1.82) is 0 Å². The molecule has 2 aromatic rings. The molecule has 0 radical (unpaired) electrons. The van der Waals surface area contributed by atoms with E-state index in [0.29, 0.717) is 12.4 Å². The second-order valence-corrected chi connectivity index (χ2v) is 4.97. The summed E-state index contributed by atoms with van der Waals surface area (Å²) in [5.41, 5.74) is 7.38. The molecule has 0 saturated heterocycles. The minimum atomic E-state index is -0.0358. The van der Waals surface area contributed by atoms with E-state index < -0.39 is 0 Å². The summed E-state index contributed by atoms with van der Waals surface area (Å²) in [5, 5.41) is 3.27. The largest absolute Gasteiger partial charge is 0.370 e. The first kappa shape index (κ1) is 15.0. The maximum Gasteiger partial charge on any atom is 0.251 e. The zero-order valence-corrected chi connectivity index (χ0v) is 12.5. The van der Waals surface area contributed by atoms with Crippen molar-refractivity contribution in [2.75, 3.05) is 17.6 Å². The lowest BCUT2D eigenvalue weighted by Gasteiger charge is -2.13. The van der Waals surface area contributed by atoms with Gasteiger partial charge in [-0.15, -0.1) is 0 Å². The molecule has 2 rings (SSSR count). The first-order valence-corrected chi connectivity index (χ1v) is 7.13. The summed E-state index contributed by atoms with van der Waals surface area (Å²) in [6, 6.07) is 5.22. The van der Waals surface area contributed by atoms with Crippen LogP contribution >= 0.6 is 0 Å². The molecule has 6 heteroatoms. The van der Waals surface area contributed by atoms with Crippen LogP contribution in [-0.2, 0) is 6.54 Å². The van der Waals surface area contributed by atoms with E-state index >= 15 is 0 Å². The number of hydrogen-bond acceptors (Lipinski definition) is 5. The van der Waals surface area contributed by atoms with Crippen molar-refractivity contribution < 1.29 is 0 Å². The van der Waals surface area contributed by atoms with Crippen LogP contribution in [0.25, 0.3) is 0 Å². The highest BCUT2D eigenvalue weighted by Crippen LogP contribution is 2.14. The molecule has 0 aromatic carbocycles. The fraction of sp³-hybridized carbons (Fsp3) is 0.400. The zero-order chi connectivity index (χ0) is 15.2. The normalized spacial score (nSPS) is 10.6. The standard InChI is InChI=1S/C15H21N5O/c1-3-4-8-17-14-12(9-18-15(16)19-14)10-20-11(2)6-5-7-13(20)21/h5-7,9H,3-4,8,10H2,1-2H3,(H3,16,17,18,19).